The zero-order chi connectivity index (χ0) is 11.0. The van der Waals surface area contributed by atoms with E-state index in [0.29, 0.717) is 11.3 Å². The van der Waals surface area contributed by atoms with Crippen LogP contribution in [-0.2, 0) is 17.9 Å². The first-order valence-corrected chi connectivity index (χ1v) is 5.75. The molecular formula is C9H13BrN4O. The van der Waals surface area contributed by atoms with E-state index in [2.05, 4.69) is 26.0 Å². The van der Waals surface area contributed by atoms with Crippen LogP contribution in [0.3, 0.4) is 0 Å². The SMILES string of the molecule is CC(C)C(=O)N1CCn2nc(Br)nc2C1. The van der Waals surface area contributed by atoms with Crippen LogP contribution in [0.1, 0.15) is 19.7 Å². The molecule has 0 saturated carbocycles. The van der Waals surface area contributed by atoms with Crippen LogP contribution in [0.25, 0.3) is 0 Å². The number of nitrogens with zero attached hydrogens (tertiary/aromatic N) is 4. The molecule has 0 bridgehead atoms. The number of carbonyl (C=O) groups is 1. The highest BCUT2D eigenvalue weighted by Gasteiger charge is 2.24. The van der Waals surface area contributed by atoms with E-state index in [1.54, 1.807) is 0 Å². The van der Waals surface area contributed by atoms with Gasteiger partial charge >= 0.3 is 0 Å². The topological polar surface area (TPSA) is 51.0 Å². The molecule has 82 valence electrons. The molecule has 2 rings (SSSR count). The lowest BCUT2D eigenvalue weighted by molar-refractivity contribution is -0.136. The molecule has 1 aliphatic rings. The number of hydrogen-bond acceptors (Lipinski definition) is 3. The van der Waals surface area contributed by atoms with Crippen LogP contribution in [0.4, 0.5) is 0 Å². The molecule has 0 N–H and O–H groups in total. The lowest BCUT2D eigenvalue weighted by Gasteiger charge is -2.28. The van der Waals surface area contributed by atoms with Gasteiger partial charge in [-0.25, -0.2) is 9.67 Å². The molecule has 1 aromatic heterocycles. The lowest BCUT2D eigenvalue weighted by atomic mass is 10.2. The first-order valence-electron chi connectivity index (χ1n) is 4.96. The summed E-state index contributed by atoms with van der Waals surface area (Å²) in [6.07, 6.45) is 0. The van der Waals surface area contributed by atoms with Crippen LogP contribution in [0.5, 0.6) is 0 Å². The molecule has 2 heterocycles. The van der Waals surface area contributed by atoms with Gasteiger partial charge in [-0.2, -0.15) is 0 Å². The van der Waals surface area contributed by atoms with E-state index in [0.717, 1.165) is 18.9 Å². The van der Waals surface area contributed by atoms with Crippen LogP contribution in [-0.4, -0.2) is 32.1 Å². The van der Waals surface area contributed by atoms with E-state index in [1.807, 2.05) is 23.4 Å². The Morgan fingerprint density at radius 3 is 2.87 bits per heavy atom. The molecule has 6 heteroatoms. The number of halogens is 1. The van der Waals surface area contributed by atoms with E-state index < -0.39 is 0 Å². The minimum Gasteiger partial charge on any atom is -0.333 e. The van der Waals surface area contributed by atoms with Crippen molar-refractivity contribution in [3.63, 3.8) is 0 Å². The molecule has 15 heavy (non-hydrogen) atoms. The van der Waals surface area contributed by atoms with Gasteiger partial charge in [0.15, 0.2) is 0 Å². The summed E-state index contributed by atoms with van der Waals surface area (Å²) in [6, 6.07) is 0. The van der Waals surface area contributed by atoms with Gasteiger partial charge in [-0.05, 0) is 15.9 Å². The third kappa shape index (κ3) is 2.04. The second-order valence-electron chi connectivity index (χ2n) is 3.93. The second-order valence-corrected chi connectivity index (χ2v) is 4.64. The fourth-order valence-electron chi connectivity index (χ4n) is 1.66. The van der Waals surface area contributed by atoms with Crippen LogP contribution < -0.4 is 0 Å². The zero-order valence-electron chi connectivity index (χ0n) is 8.77. The highest BCUT2D eigenvalue weighted by molar-refractivity contribution is 9.10. The van der Waals surface area contributed by atoms with Gasteiger partial charge in [-0.1, -0.05) is 13.8 Å². The molecule has 0 atom stereocenters. The quantitative estimate of drug-likeness (QED) is 0.768. The van der Waals surface area contributed by atoms with Crippen molar-refractivity contribution < 1.29 is 4.79 Å². The molecule has 0 saturated heterocycles. The average Bonchev–Trinajstić information content (AvgIpc) is 2.55. The number of fused-ring (bicyclic) bond motifs is 1. The molecule has 0 radical (unpaired) electrons. The number of hydrogen-bond donors (Lipinski definition) is 0. The molecule has 0 spiro atoms. The third-order valence-electron chi connectivity index (χ3n) is 2.44. The first-order chi connectivity index (χ1) is 7.08. The van der Waals surface area contributed by atoms with Crippen molar-refractivity contribution in [2.75, 3.05) is 6.54 Å². The molecule has 1 amide bonds. The van der Waals surface area contributed by atoms with Crippen LogP contribution in [0.15, 0.2) is 4.73 Å². The Kier molecular flexibility index (Phi) is 2.77. The summed E-state index contributed by atoms with van der Waals surface area (Å²) >= 11 is 3.23. The van der Waals surface area contributed by atoms with Gasteiger partial charge in [0.1, 0.15) is 5.82 Å². The Morgan fingerprint density at radius 2 is 2.20 bits per heavy atom. The number of aromatic nitrogens is 3. The predicted octanol–water partition coefficient (Wildman–Crippen LogP) is 1.04. The Bertz CT molecular complexity index is 387. The van der Waals surface area contributed by atoms with Gasteiger partial charge in [-0.15, -0.1) is 5.10 Å². The van der Waals surface area contributed by atoms with Crippen molar-refractivity contribution in [3.05, 3.63) is 10.6 Å². The fraction of sp³-hybridized carbons (Fsp3) is 0.667. The zero-order valence-corrected chi connectivity index (χ0v) is 10.4. The molecule has 0 unspecified atom stereocenters. The van der Waals surface area contributed by atoms with Crippen molar-refractivity contribution in [3.8, 4) is 0 Å². The minimum atomic E-state index is 0.0444. The first kappa shape index (κ1) is 10.6. The van der Waals surface area contributed by atoms with Crippen molar-refractivity contribution >= 4 is 21.8 Å². The summed E-state index contributed by atoms with van der Waals surface area (Å²) in [5.41, 5.74) is 0. The van der Waals surface area contributed by atoms with E-state index in [4.69, 9.17) is 0 Å². The third-order valence-corrected chi connectivity index (χ3v) is 2.78. The molecular weight excluding hydrogens is 260 g/mol. The van der Waals surface area contributed by atoms with E-state index in [9.17, 15) is 4.79 Å². The highest BCUT2D eigenvalue weighted by atomic mass is 79.9. The standard InChI is InChI=1S/C9H13BrN4O/c1-6(2)8(15)13-3-4-14-7(5-13)11-9(10)12-14/h6H,3-5H2,1-2H3. The van der Waals surface area contributed by atoms with Gasteiger partial charge in [-0.3, -0.25) is 4.79 Å². The van der Waals surface area contributed by atoms with Crippen LogP contribution in [0, 0.1) is 5.92 Å². The summed E-state index contributed by atoms with van der Waals surface area (Å²) < 4.78 is 2.44. The molecule has 1 aliphatic heterocycles. The Hall–Kier alpha value is -0.910. The smallest absolute Gasteiger partial charge is 0.225 e. The maximum atomic E-state index is 11.8. The molecule has 1 aromatic rings. The van der Waals surface area contributed by atoms with Crippen LogP contribution >= 0.6 is 15.9 Å². The molecule has 0 aromatic carbocycles. The molecule has 0 fully saturated rings. The fourth-order valence-corrected chi connectivity index (χ4v) is 2.05. The highest BCUT2D eigenvalue weighted by Crippen LogP contribution is 2.14. The predicted molar refractivity (Wildman–Crippen MR) is 58.0 cm³/mol. The van der Waals surface area contributed by atoms with Gasteiger partial charge in [0.05, 0.1) is 13.1 Å². The maximum Gasteiger partial charge on any atom is 0.225 e. The second kappa shape index (κ2) is 3.92. The Labute approximate surface area is 96.6 Å². The summed E-state index contributed by atoms with van der Waals surface area (Å²) in [5, 5.41) is 4.17. The van der Waals surface area contributed by atoms with Gasteiger partial charge in [0.25, 0.3) is 0 Å². The van der Waals surface area contributed by atoms with Gasteiger partial charge in [0.2, 0.25) is 10.6 Å². The average molecular weight is 273 g/mol. The summed E-state index contributed by atoms with van der Waals surface area (Å²) in [6.45, 7) is 5.84. The Morgan fingerprint density at radius 1 is 1.47 bits per heavy atom. The van der Waals surface area contributed by atoms with Gasteiger partial charge in [0, 0.05) is 12.5 Å². The summed E-state index contributed by atoms with van der Waals surface area (Å²) in [7, 11) is 0. The Balaban J connectivity index is 2.15. The number of rotatable bonds is 1. The van der Waals surface area contributed by atoms with Crippen LogP contribution in [0.2, 0.25) is 0 Å². The summed E-state index contributed by atoms with van der Waals surface area (Å²) in [5.74, 6) is 1.07. The largest absolute Gasteiger partial charge is 0.333 e. The lowest BCUT2D eigenvalue weighted by Crippen LogP contribution is -2.40. The van der Waals surface area contributed by atoms with Crippen molar-refractivity contribution in [2.24, 2.45) is 5.92 Å². The molecule has 0 aliphatic carbocycles. The van der Waals surface area contributed by atoms with E-state index in [1.165, 1.54) is 0 Å². The minimum absolute atomic E-state index is 0.0444. The normalized spacial score (nSPS) is 15.6. The van der Waals surface area contributed by atoms with E-state index in [-0.39, 0.29) is 11.8 Å². The van der Waals surface area contributed by atoms with Gasteiger partial charge < -0.3 is 4.90 Å². The number of carbonyl (C=O) groups excluding carboxylic acids is 1. The van der Waals surface area contributed by atoms with Crippen molar-refractivity contribution in [2.45, 2.75) is 26.9 Å². The monoisotopic (exact) mass is 272 g/mol. The van der Waals surface area contributed by atoms with Crippen molar-refractivity contribution in [1.29, 1.82) is 0 Å². The van der Waals surface area contributed by atoms with Crippen molar-refractivity contribution in [1.82, 2.24) is 19.7 Å². The van der Waals surface area contributed by atoms with E-state index >= 15 is 0 Å². The summed E-state index contributed by atoms with van der Waals surface area (Å²) in [4.78, 5) is 17.8. The molecule has 5 nitrogen and oxygen atoms in total. The number of amides is 1. The maximum absolute atomic E-state index is 11.8.